The molecule has 1 atom stereocenters. The number of nitrogens with zero attached hydrogens (tertiary/aromatic N) is 2. The van der Waals surface area contributed by atoms with E-state index in [1.807, 2.05) is 32.7 Å². The second-order valence-corrected chi connectivity index (χ2v) is 4.66. The van der Waals surface area contributed by atoms with Crippen LogP contribution in [0.15, 0.2) is 16.5 Å². The van der Waals surface area contributed by atoms with Crippen LogP contribution >= 0.6 is 0 Å². The lowest BCUT2D eigenvalue weighted by atomic mass is 10.2. The molecule has 6 heteroatoms. The smallest absolute Gasteiger partial charge is 0.371 e. The molecule has 0 spiro atoms. The van der Waals surface area contributed by atoms with Crippen molar-refractivity contribution in [1.29, 1.82) is 0 Å². The lowest BCUT2D eigenvalue weighted by molar-refractivity contribution is -0.132. The van der Waals surface area contributed by atoms with Crippen molar-refractivity contribution in [3.05, 3.63) is 23.7 Å². The fourth-order valence-corrected chi connectivity index (χ4v) is 1.94. The molecule has 0 bridgehead atoms. The SMILES string of the molecule is CCN(CC)C(=O)CN(C)C(C)c1ccc(C(=O)O)o1. The summed E-state index contributed by atoms with van der Waals surface area (Å²) >= 11 is 0. The molecule has 0 radical (unpaired) electrons. The van der Waals surface area contributed by atoms with Crippen LogP contribution in [0.1, 0.15) is 43.1 Å². The normalized spacial score (nSPS) is 12.4. The van der Waals surface area contributed by atoms with Gasteiger partial charge in [-0.05, 0) is 40.0 Å². The highest BCUT2D eigenvalue weighted by atomic mass is 16.4. The maximum atomic E-state index is 12.0. The van der Waals surface area contributed by atoms with Crippen molar-refractivity contribution in [2.75, 3.05) is 26.7 Å². The first kappa shape index (κ1) is 16.2. The predicted molar refractivity (Wildman–Crippen MR) is 74.6 cm³/mol. The Morgan fingerprint density at radius 1 is 1.30 bits per heavy atom. The summed E-state index contributed by atoms with van der Waals surface area (Å²) in [5, 5.41) is 8.83. The Balaban J connectivity index is 2.68. The van der Waals surface area contributed by atoms with Crippen LogP contribution in [0.4, 0.5) is 0 Å². The number of hydrogen-bond donors (Lipinski definition) is 1. The highest BCUT2D eigenvalue weighted by molar-refractivity contribution is 5.84. The quantitative estimate of drug-likeness (QED) is 0.826. The Morgan fingerprint density at radius 2 is 1.90 bits per heavy atom. The number of carbonyl (C=O) groups excluding carboxylic acids is 1. The molecule has 1 heterocycles. The molecule has 1 aromatic rings. The zero-order chi connectivity index (χ0) is 15.3. The number of hydrogen-bond acceptors (Lipinski definition) is 4. The maximum absolute atomic E-state index is 12.0. The monoisotopic (exact) mass is 282 g/mol. The maximum Gasteiger partial charge on any atom is 0.371 e. The van der Waals surface area contributed by atoms with Crippen molar-refractivity contribution < 1.29 is 19.1 Å². The summed E-state index contributed by atoms with van der Waals surface area (Å²) in [6.07, 6.45) is 0. The first-order valence-corrected chi connectivity index (χ1v) is 6.71. The average molecular weight is 282 g/mol. The summed E-state index contributed by atoms with van der Waals surface area (Å²) in [5.74, 6) is -0.591. The number of aromatic carboxylic acids is 1. The van der Waals surface area contributed by atoms with Gasteiger partial charge in [0.15, 0.2) is 0 Å². The number of likely N-dealkylation sites (N-methyl/N-ethyl adjacent to an activating group) is 2. The molecule has 1 aromatic heterocycles. The van der Waals surface area contributed by atoms with E-state index in [1.54, 1.807) is 11.0 Å². The van der Waals surface area contributed by atoms with Gasteiger partial charge in [0.25, 0.3) is 0 Å². The summed E-state index contributed by atoms with van der Waals surface area (Å²) in [6.45, 7) is 7.39. The fourth-order valence-electron chi connectivity index (χ4n) is 1.94. The Bertz CT molecular complexity index is 465. The number of carbonyl (C=O) groups is 2. The van der Waals surface area contributed by atoms with E-state index in [0.717, 1.165) is 0 Å². The van der Waals surface area contributed by atoms with Gasteiger partial charge in [-0.2, -0.15) is 0 Å². The summed E-state index contributed by atoms with van der Waals surface area (Å²) in [4.78, 5) is 26.4. The van der Waals surface area contributed by atoms with Crippen LogP contribution in [0.5, 0.6) is 0 Å². The standard InChI is InChI=1S/C14H22N2O4/c1-5-16(6-2)13(17)9-15(4)10(3)11-7-8-12(20-11)14(18)19/h7-8,10H,5-6,9H2,1-4H3,(H,18,19). The van der Waals surface area contributed by atoms with Gasteiger partial charge in [-0.3, -0.25) is 9.69 Å². The van der Waals surface area contributed by atoms with Crippen LogP contribution < -0.4 is 0 Å². The van der Waals surface area contributed by atoms with E-state index >= 15 is 0 Å². The largest absolute Gasteiger partial charge is 0.475 e. The average Bonchev–Trinajstić information content (AvgIpc) is 2.88. The summed E-state index contributed by atoms with van der Waals surface area (Å²) in [6, 6.07) is 2.89. The molecule has 112 valence electrons. The van der Waals surface area contributed by atoms with E-state index in [9.17, 15) is 9.59 Å². The molecule has 1 N–H and O–H groups in total. The van der Waals surface area contributed by atoms with Crippen LogP contribution in [-0.4, -0.2) is 53.5 Å². The predicted octanol–water partition coefficient (Wildman–Crippen LogP) is 1.84. The minimum absolute atomic E-state index is 0.0503. The third kappa shape index (κ3) is 3.84. The van der Waals surface area contributed by atoms with Crippen molar-refractivity contribution in [1.82, 2.24) is 9.80 Å². The van der Waals surface area contributed by atoms with Gasteiger partial charge >= 0.3 is 5.97 Å². The van der Waals surface area contributed by atoms with Crippen LogP contribution in [0, 0.1) is 0 Å². The van der Waals surface area contributed by atoms with Gasteiger partial charge in [-0.15, -0.1) is 0 Å². The van der Waals surface area contributed by atoms with Crippen LogP contribution in [-0.2, 0) is 4.79 Å². The van der Waals surface area contributed by atoms with Crippen molar-refractivity contribution in [3.63, 3.8) is 0 Å². The highest BCUT2D eigenvalue weighted by Crippen LogP contribution is 2.21. The molecule has 0 aliphatic heterocycles. The molecule has 0 saturated carbocycles. The van der Waals surface area contributed by atoms with Gasteiger partial charge in [-0.25, -0.2) is 4.79 Å². The molecule has 0 aliphatic rings. The summed E-state index contributed by atoms with van der Waals surface area (Å²) in [7, 11) is 1.81. The van der Waals surface area contributed by atoms with E-state index in [4.69, 9.17) is 9.52 Å². The van der Waals surface area contributed by atoms with Crippen LogP contribution in [0.3, 0.4) is 0 Å². The lowest BCUT2D eigenvalue weighted by Gasteiger charge is -2.26. The molecule has 20 heavy (non-hydrogen) atoms. The van der Waals surface area contributed by atoms with E-state index in [2.05, 4.69) is 0 Å². The Labute approximate surface area is 119 Å². The van der Waals surface area contributed by atoms with Gasteiger partial charge in [0.05, 0.1) is 12.6 Å². The molecule has 0 fully saturated rings. The van der Waals surface area contributed by atoms with E-state index in [0.29, 0.717) is 18.8 Å². The number of rotatable bonds is 7. The van der Waals surface area contributed by atoms with Crippen molar-refractivity contribution >= 4 is 11.9 Å². The summed E-state index contributed by atoms with van der Waals surface area (Å²) < 4.78 is 5.26. The molecular weight excluding hydrogens is 260 g/mol. The van der Waals surface area contributed by atoms with Crippen LogP contribution in [0.2, 0.25) is 0 Å². The Morgan fingerprint density at radius 3 is 2.35 bits per heavy atom. The third-order valence-corrected chi connectivity index (χ3v) is 3.41. The molecular formula is C14H22N2O4. The van der Waals surface area contributed by atoms with Gasteiger partial charge < -0.3 is 14.4 Å². The molecule has 0 aromatic carbocycles. The third-order valence-electron chi connectivity index (χ3n) is 3.41. The molecule has 1 unspecified atom stereocenters. The zero-order valence-corrected chi connectivity index (χ0v) is 12.4. The van der Waals surface area contributed by atoms with Gasteiger partial charge in [0.2, 0.25) is 11.7 Å². The van der Waals surface area contributed by atoms with Crippen molar-refractivity contribution in [2.24, 2.45) is 0 Å². The zero-order valence-electron chi connectivity index (χ0n) is 12.4. The second kappa shape index (κ2) is 7.09. The molecule has 0 aliphatic carbocycles. The van der Waals surface area contributed by atoms with E-state index < -0.39 is 5.97 Å². The molecule has 6 nitrogen and oxygen atoms in total. The number of amides is 1. The van der Waals surface area contributed by atoms with Crippen molar-refractivity contribution in [2.45, 2.75) is 26.8 Å². The van der Waals surface area contributed by atoms with E-state index in [1.165, 1.54) is 6.07 Å². The van der Waals surface area contributed by atoms with Gasteiger partial charge in [0, 0.05) is 13.1 Å². The summed E-state index contributed by atoms with van der Waals surface area (Å²) in [5.41, 5.74) is 0. The second-order valence-electron chi connectivity index (χ2n) is 4.66. The van der Waals surface area contributed by atoms with Gasteiger partial charge in [-0.1, -0.05) is 0 Å². The highest BCUT2D eigenvalue weighted by Gasteiger charge is 2.21. The molecule has 1 rings (SSSR count). The lowest BCUT2D eigenvalue weighted by Crippen LogP contribution is -2.39. The topological polar surface area (TPSA) is 74.0 Å². The first-order valence-electron chi connectivity index (χ1n) is 6.71. The number of carboxylic acid groups (broad SMARTS) is 1. The number of furan rings is 1. The molecule has 0 saturated heterocycles. The minimum Gasteiger partial charge on any atom is -0.475 e. The Kier molecular flexibility index (Phi) is 5.76. The fraction of sp³-hybridized carbons (Fsp3) is 0.571. The molecule has 1 amide bonds. The Hall–Kier alpha value is -1.82. The van der Waals surface area contributed by atoms with Crippen molar-refractivity contribution in [3.8, 4) is 0 Å². The minimum atomic E-state index is -1.09. The van der Waals surface area contributed by atoms with Crippen LogP contribution in [0.25, 0.3) is 0 Å². The van der Waals surface area contributed by atoms with E-state index in [-0.39, 0.29) is 24.3 Å². The number of carboxylic acids is 1. The first-order chi connectivity index (χ1) is 9.40. The van der Waals surface area contributed by atoms with Gasteiger partial charge in [0.1, 0.15) is 5.76 Å².